The van der Waals surface area contributed by atoms with E-state index >= 15 is 0 Å². The summed E-state index contributed by atoms with van der Waals surface area (Å²) >= 11 is 0. The first-order chi connectivity index (χ1) is 12.1. The van der Waals surface area contributed by atoms with Crippen molar-refractivity contribution in [1.29, 1.82) is 0 Å². The van der Waals surface area contributed by atoms with E-state index in [1.807, 2.05) is 43.4 Å². The van der Waals surface area contributed by atoms with Crippen LogP contribution in [0.5, 0.6) is 0 Å². The first-order valence-corrected chi connectivity index (χ1v) is 8.55. The molecule has 1 aliphatic carbocycles. The third-order valence-corrected chi connectivity index (χ3v) is 4.76. The van der Waals surface area contributed by atoms with E-state index in [0.717, 1.165) is 24.1 Å². The van der Waals surface area contributed by atoms with Crippen molar-refractivity contribution in [2.75, 3.05) is 18.4 Å². The van der Waals surface area contributed by atoms with Crippen LogP contribution in [-0.4, -0.2) is 39.7 Å². The summed E-state index contributed by atoms with van der Waals surface area (Å²) in [7, 11) is 1.82. The van der Waals surface area contributed by atoms with E-state index in [2.05, 4.69) is 15.7 Å². The molecule has 7 nitrogen and oxygen atoms in total. The van der Waals surface area contributed by atoms with Gasteiger partial charge in [-0.05, 0) is 18.4 Å². The highest BCUT2D eigenvalue weighted by atomic mass is 16.2. The van der Waals surface area contributed by atoms with Crippen molar-refractivity contribution in [3.8, 4) is 0 Å². The Bertz CT molecular complexity index is 797. The molecule has 4 rings (SSSR count). The summed E-state index contributed by atoms with van der Waals surface area (Å²) in [6, 6.07) is 11.2. The molecule has 7 heteroatoms. The molecule has 1 aliphatic heterocycles. The summed E-state index contributed by atoms with van der Waals surface area (Å²) in [4.78, 5) is 26.2. The predicted molar refractivity (Wildman–Crippen MR) is 93.1 cm³/mol. The predicted octanol–water partition coefficient (Wildman–Crippen LogP) is 2.00. The maximum atomic E-state index is 12.8. The number of amides is 3. The molecular weight excluding hydrogens is 318 g/mol. The van der Waals surface area contributed by atoms with Gasteiger partial charge in [-0.15, -0.1) is 0 Å². The van der Waals surface area contributed by atoms with Gasteiger partial charge in [0.2, 0.25) is 5.91 Å². The number of piperazine rings is 1. The molecule has 2 heterocycles. The summed E-state index contributed by atoms with van der Waals surface area (Å²) in [6.45, 7) is 0.452. The van der Waals surface area contributed by atoms with E-state index < -0.39 is 0 Å². The van der Waals surface area contributed by atoms with E-state index in [0.29, 0.717) is 18.3 Å². The fourth-order valence-electron chi connectivity index (χ4n) is 3.19. The van der Waals surface area contributed by atoms with Gasteiger partial charge in [0, 0.05) is 25.6 Å². The first kappa shape index (κ1) is 15.7. The number of benzene rings is 1. The molecule has 1 saturated heterocycles. The quantitative estimate of drug-likeness (QED) is 0.898. The van der Waals surface area contributed by atoms with Crippen molar-refractivity contribution < 1.29 is 9.59 Å². The number of nitrogens with zero attached hydrogens (tertiary/aromatic N) is 3. The molecule has 1 saturated carbocycles. The Balaban J connectivity index is 1.54. The molecule has 1 aromatic heterocycles. The monoisotopic (exact) mass is 339 g/mol. The molecule has 2 fully saturated rings. The Morgan fingerprint density at radius 2 is 2.04 bits per heavy atom. The Morgan fingerprint density at radius 1 is 1.28 bits per heavy atom. The second kappa shape index (κ2) is 6.23. The van der Waals surface area contributed by atoms with Crippen LogP contribution in [0.1, 0.15) is 36.1 Å². The fourth-order valence-corrected chi connectivity index (χ4v) is 3.19. The van der Waals surface area contributed by atoms with Crippen molar-refractivity contribution in [3.63, 3.8) is 0 Å². The lowest BCUT2D eigenvalue weighted by Gasteiger charge is -2.35. The van der Waals surface area contributed by atoms with E-state index in [1.165, 1.54) is 0 Å². The number of carbonyl (C=O) groups excluding carboxylic acids is 2. The van der Waals surface area contributed by atoms with Crippen LogP contribution in [0.3, 0.4) is 0 Å². The van der Waals surface area contributed by atoms with Crippen LogP contribution in [0.15, 0.2) is 36.4 Å². The Labute approximate surface area is 146 Å². The lowest BCUT2D eigenvalue weighted by atomic mass is 10.0. The van der Waals surface area contributed by atoms with Crippen LogP contribution in [0, 0.1) is 0 Å². The molecule has 25 heavy (non-hydrogen) atoms. The number of nitrogens with one attached hydrogen (secondary N) is 2. The Morgan fingerprint density at radius 3 is 2.76 bits per heavy atom. The molecule has 2 N–H and O–H groups in total. The summed E-state index contributed by atoms with van der Waals surface area (Å²) in [5.41, 5.74) is 2.02. The van der Waals surface area contributed by atoms with Crippen LogP contribution < -0.4 is 10.6 Å². The molecule has 1 unspecified atom stereocenters. The van der Waals surface area contributed by atoms with Crippen molar-refractivity contribution in [2.24, 2.45) is 7.05 Å². The smallest absolute Gasteiger partial charge is 0.324 e. The molecule has 130 valence electrons. The molecule has 1 aromatic carbocycles. The van der Waals surface area contributed by atoms with Gasteiger partial charge in [-0.1, -0.05) is 30.3 Å². The first-order valence-electron chi connectivity index (χ1n) is 8.55. The van der Waals surface area contributed by atoms with E-state index in [9.17, 15) is 9.59 Å². The summed E-state index contributed by atoms with van der Waals surface area (Å²) < 4.78 is 1.69. The molecule has 1 atom stereocenters. The molecule has 2 aromatic rings. The van der Waals surface area contributed by atoms with Crippen LogP contribution >= 0.6 is 0 Å². The number of aryl methyl sites for hydroxylation is 1. The third kappa shape index (κ3) is 3.22. The number of rotatable bonds is 3. The van der Waals surface area contributed by atoms with Crippen LogP contribution in [0.25, 0.3) is 0 Å². The highest BCUT2D eigenvalue weighted by molar-refractivity contribution is 5.93. The molecule has 2 aliphatic rings. The molecule has 0 radical (unpaired) electrons. The van der Waals surface area contributed by atoms with Crippen LogP contribution in [-0.2, 0) is 11.8 Å². The number of urea groups is 1. The highest BCUT2D eigenvalue weighted by Crippen LogP contribution is 2.40. The Kier molecular flexibility index (Phi) is 3.91. The van der Waals surface area contributed by atoms with E-state index in [4.69, 9.17) is 0 Å². The van der Waals surface area contributed by atoms with Gasteiger partial charge in [0.05, 0.1) is 11.7 Å². The fraction of sp³-hybridized carbons (Fsp3) is 0.389. The second-order valence-electron chi connectivity index (χ2n) is 6.64. The van der Waals surface area contributed by atoms with Gasteiger partial charge in [-0.3, -0.25) is 14.8 Å². The van der Waals surface area contributed by atoms with Gasteiger partial charge < -0.3 is 10.2 Å². The zero-order chi connectivity index (χ0) is 17.4. The molecule has 3 amide bonds. The molecule has 0 spiro atoms. The van der Waals surface area contributed by atoms with Crippen molar-refractivity contribution in [2.45, 2.75) is 24.8 Å². The van der Waals surface area contributed by atoms with Gasteiger partial charge in [0.25, 0.3) is 0 Å². The number of anilines is 1. The summed E-state index contributed by atoms with van der Waals surface area (Å²) in [5, 5.41) is 10.2. The molecule has 0 bridgehead atoms. The lowest BCUT2D eigenvalue weighted by Crippen LogP contribution is -2.53. The minimum absolute atomic E-state index is 0.0404. The van der Waals surface area contributed by atoms with Gasteiger partial charge in [-0.25, -0.2) is 4.79 Å². The van der Waals surface area contributed by atoms with E-state index in [1.54, 1.807) is 9.58 Å². The van der Waals surface area contributed by atoms with Crippen LogP contribution in [0.2, 0.25) is 0 Å². The second-order valence-corrected chi connectivity index (χ2v) is 6.64. The van der Waals surface area contributed by atoms with Gasteiger partial charge >= 0.3 is 6.03 Å². The minimum atomic E-state index is -0.283. The summed E-state index contributed by atoms with van der Waals surface area (Å²) in [5.74, 6) is 1.03. The average molecular weight is 339 g/mol. The highest BCUT2D eigenvalue weighted by Gasteiger charge is 2.32. The zero-order valence-corrected chi connectivity index (χ0v) is 14.1. The number of carbonyl (C=O) groups is 2. The third-order valence-electron chi connectivity index (χ3n) is 4.76. The SMILES string of the molecule is Cn1nc(C2CC2)cc1NC(=O)N1CC(=O)NCC1c1ccccc1. The molecular formula is C18H21N5O2. The van der Waals surface area contributed by atoms with Crippen molar-refractivity contribution in [1.82, 2.24) is 20.0 Å². The van der Waals surface area contributed by atoms with Gasteiger partial charge in [0.1, 0.15) is 12.4 Å². The zero-order valence-electron chi connectivity index (χ0n) is 14.1. The average Bonchev–Trinajstić information content (AvgIpc) is 3.40. The van der Waals surface area contributed by atoms with Gasteiger partial charge in [-0.2, -0.15) is 5.10 Å². The summed E-state index contributed by atoms with van der Waals surface area (Å²) in [6.07, 6.45) is 2.32. The number of hydrogen-bond donors (Lipinski definition) is 2. The number of aromatic nitrogens is 2. The van der Waals surface area contributed by atoms with Crippen LogP contribution in [0.4, 0.5) is 10.6 Å². The minimum Gasteiger partial charge on any atom is -0.352 e. The topological polar surface area (TPSA) is 79.3 Å². The van der Waals surface area contributed by atoms with Crippen molar-refractivity contribution >= 4 is 17.8 Å². The van der Waals surface area contributed by atoms with E-state index in [-0.39, 0.29) is 24.5 Å². The standard InChI is InChI=1S/C18H21N5O2/c1-22-16(9-14(21-22)12-7-8-12)20-18(25)23-11-17(24)19-10-15(23)13-5-3-2-4-6-13/h2-6,9,12,15H,7-8,10-11H2,1H3,(H,19,24)(H,20,25). The Hall–Kier alpha value is -2.83. The maximum Gasteiger partial charge on any atom is 0.324 e. The number of hydrogen-bond acceptors (Lipinski definition) is 3. The largest absolute Gasteiger partial charge is 0.352 e. The lowest BCUT2D eigenvalue weighted by molar-refractivity contribution is -0.124. The van der Waals surface area contributed by atoms with Crippen molar-refractivity contribution in [3.05, 3.63) is 47.7 Å². The normalized spacial score (nSPS) is 20.3. The van der Waals surface area contributed by atoms with Gasteiger partial charge in [0.15, 0.2) is 0 Å². The maximum absolute atomic E-state index is 12.8.